The molecule has 6 rings (SSSR count). The summed E-state index contributed by atoms with van der Waals surface area (Å²) in [7, 11) is 3.86. The largest absolute Gasteiger partial charge is 0.370 e. The fraction of sp³-hybridized carbons (Fsp3) is 0.469. The predicted octanol–water partition coefficient (Wildman–Crippen LogP) is 4.26. The van der Waals surface area contributed by atoms with Crippen LogP contribution in [0.4, 0.5) is 11.6 Å². The summed E-state index contributed by atoms with van der Waals surface area (Å²) in [6, 6.07) is 9.92. The first-order chi connectivity index (χ1) is 20.4. The molecule has 0 aliphatic carbocycles. The van der Waals surface area contributed by atoms with Crippen LogP contribution in [0.1, 0.15) is 66.0 Å². The Morgan fingerprint density at radius 2 is 1.88 bits per heavy atom. The number of likely N-dealkylation sites (tertiary alicyclic amines) is 1. The molecule has 1 saturated heterocycles. The molecule has 42 heavy (non-hydrogen) atoms. The first kappa shape index (κ1) is 28.1. The number of imidazole rings is 1. The molecule has 1 amide bonds. The minimum Gasteiger partial charge on any atom is -0.370 e. The van der Waals surface area contributed by atoms with Gasteiger partial charge in [0, 0.05) is 62.1 Å². The Morgan fingerprint density at radius 3 is 2.69 bits per heavy atom. The predicted molar refractivity (Wildman–Crippen MR) is 166 cm³/mol. The Labute approximate surface area is 247 Å². The van der Waals surface area contributed by atoms with Gasteiger partial charge in [0.25, 0.3) is 5.91 Å². The number of hydrogen-bond acceptors (Lipinski definition) is 8. The van der Waals surface area contributed by atoms with Crippen molar-refractivity contribution in [1.82, 2.24) is 34.7 Å². The van der Waals surface area contributed by atoms with Gasteiger partial charge in [-0.25, -0.2) is 15.0 Å². The van der Waals surface area contributed by atoms with Gasteiger partial charge in [-0.1, -0.05) is 32.0 Å². The molecule has 0 radical (unpaired) electrons. The third-order valence-electron chi connectivity index (χ3n) is 9.23. The number of piperidine rings is 1. The average molecular weight is 568 g/mol. The second kappa shape index (κ2) is 12.1. The summed E-state index contributed by atoms with van der Waals surface area (Å²) in [5.41, 5.74) is 4.07. The van der Waals surface area contributed by atoms with Crippen LogP contribution in [0.25, 0.3) is 10.9 Å². The Hall–Kier alpha value is -4.05. The van der Waals surface area contributed by atoms with E-state index in [0.29, 0.717) is 17.4 Å². The summed E-state index contributed by atoms with van der Waals surface area (Å²) in [6.07, 6.45) is 7.88. The van der Waals surface area contributed by atoms with E-state index in [1.54, 1.807) is 25.6 Å². The van der Waals surface area contributed by atoms with Gasteiger partial charge in [-0.15, -0.1) is 0 Å². The summed E-state index contributed by atoms with van der Waals surface area (Å²) < 4.78 is 2.44. The molecular weight excluding hydrogens is 526 g/mol. The molecule has 2 aliphatic heterocycles. The highest BCUT2D eigenvalue weighted by Crippen LogP contribution is 2.32. The second-order valence-corrected chi connectivity index (χ2v) is 11.8. The van der Waals surface area contributed by atoms with Gasteiger partial charge in [0.2, 0.25) is 0 Å². The van der Waals surface area contributed by atoms with E-state index in [1.807, 2.05) is 18.2 Å². The van der Waals surface area contributed by atoms with Gasteiger partial charge in [-0.3, -0.25) is 9.78 Å². The number of carbonyl (C=O) groups excluding carboxylic acids is 1. The fourth-order valence-corrected chi connectivity index (χ4v) is 6.37. The Morgan fingerprint density at radius 1 is 1.05 bits per heavy atom. The molecule has 2 N–H and O–H groups in total. The number of carbonyl (C=O) groups is 1. The number of para-hydroxylation sites is 1. The van der Waals surface area contributed by atoms with E-state index in [9.17, 15) is 4.79 Å². The molecule has 0 bridgehead atoms. The monoisotopic (exact) mass is 567 g/mol. The first-order valence-corrected chi connectivity index (χ1v) is 15.1. The summed E-state index contributed by atoms with van der Waals surface area (Å²) >= 11 is 0. The maximum atomic E-state index is 12.4. The third-order valence-corrected chi connectivity index (χ3v) is 9.23. The molecule has 10 heteroatoms. The zero-order valence-corrected chi connectivity index (χ0v) is 25.0. The van der Waals surface area contributed by atoms with Gasteiger partial charge in [0.1, 0.15) is 23.8 Å². The van der Waals surface area contributed by atoms with Crippen molar-refractivity contribution in [3.63, 3.8) is 0 Å². The summed E-state index contributed by atoms with van der Waals surface area (Å²) in [5, 5.41) is 7.16. The van der Waals surface area contributed by atoms with Crippen molar-refractivity contribution < 1.29 is 4.79 Å². The van der Waals surface area contributed by atoms with Gasteiger partial charge in [-0.2, -0.15) is 0 Å². The van der Waals surface area contributed by atoms with Crippen molar-refractivity contribution in [2.24, 2.45) is 5.92 Å². The molecular formula is C32H41N9O. The summed E-state index contributed by atoms with van der Waals surface area (Å²) in [4.78, 5) is 35.7. The normalized spacial score (nSPS) is 17.6. The number of nitrogens with one attached hydrogen (secondary N) is 2. The van der Waals surface area contributed by atoms with Crippen molar-refractivity contribution in [2.75, 3.05) is 50.5 Å². The lowest BCUT2D eigenvalue weighted by Crippen LogP contribution is -2.36. The van der Waals surface area contributed by atoms with Gasteiger partial charge in [0.15, 0.2) is 0 Å². The molecule has 220 valence electrons. The van der Waals surface area contributed by atoms with Crippen molar-refractivity contribution in [3.05, 3.63) is 71.7 Å². The number of rotatable bonds is 8. The van der Waals surface area contributed by atoms with E-state index in [0.717, 1.165) is 73.2 Å². The zero-order chi connectivity index (χ0) is 29.2. The van der Waals surface area contributed by atoms with Crippen LogP contribution in [0.3, 0.4) is 0 Å². The molecule has 5 heterocycles. The van der Waals surface area contributed by atoms with Crippen LogP contribution in [0.15, 0.2) is 49.1 Å². The maximum Gasteiger partial charge on any atom is 0.251 e. The number of pyridine rings is 1. The highest BCUT2D eigenvalue weighted by molar-refractivity contribution is 6.06. The third kappa shape index (κ3) is 5.55. The van der Waals surface area contributed by atoms with Crippen LogP contribution in [0, 0.1) is 5.92 Å². The number of hydrogen-bond donors (Lipinski definition) is 2. The number of benzene rings is 1. The quantitative estimate of drug-likeness (QED) is 0.326. The minimum atomic E-state index is -0.100. The zero-order valence-electron chi connectivity index (χ0n) is 25.0. The summed E-state index contributed by atoms with van der Waals surface area (Å²) in [5.74, 6) is 3.87. The number of amides is 1. The topological polar surface area (TPSA) is 104 Å². The number of anilines is 2. The molecule has 2 atom stereocenters. The molecule has 2 unspecified atom stereocenters. The molecule has 2 aliphatic rings. The fourth-order valence-electron chi connectivity index (χ4n) is 6.37. The smallest absolute Gasteiger partial charge is 0.251 e. The van der Waals surface area contributed by atoms with Crippen LogP contribution in [-0.2, 0) is 13.1 Å². The molecule has 1 fully saturated rings. The lowest BCUT2D eigenvalue weighted by molar-refractivity contribution is 0.0964. The maximum absolute atomic E-state index is 12.4. The highest BCUT2D eigenvalue weighted by atomic mass is 16.1. The van der Waals surface area contributed by atoms with Crippen LogP contribution in [0.5, 0.6) is 0 Å². The Balaban J connectivity index is 1.11. The van der Waals surface area contributed by atoms with Crippen molar-refractivity contribution in [2.45, 2.75) is 51.6 Å². The number of aromatic nitrogens is 5. The number of fused-ring (bicyclic) bond motifs is 2. The molecule has 3 aromatic heterocycles. The van der Waals surface area contributed by atoms with E-state index in [2.05, 4.69) is 73.1 Å². The number of nitrogens with zero attached hydrogens (tertiary/aromatic N) is 7. The Kier molecular flexibility index (Phi) is 8.06. The minimum absolute atomic E-state index is 0.100. The van der Waals surface area contributed by atoms with Crippen LogP contribution < -0.4 is 15.5 Å². The molecule has 10 nitrogen and oxygen atoms in total. The molecule has 0 spiro atoms. The first-order valence-electron chi connectivity index (χ1n) is 15.1. The standard InChI is InChI=1S/C32H41N9O/c1-21(22(2)24-6-5-7-25-26(32(42)33-3)8-11-34-31(24)25)17-35-28-16-29(38-20-37-28)40-14-15-41-27(18-36-30(41)19-40)23-9-12-39(4)13-10-23/h5-8,11,16,18,20-23H,9-10,12-15,17,19H2,1-4H3,(H,33,42)(H,35,37,38). The van der Waals surface area contributed by atoms with Crippen molar-refractivity contribution >= 4 is 28.4 Å². The van der Waals surface area contributed by atoms with E-state index in [-0.39, 0.29) is 11.8 Å². The molecule has 1 aromatic carbocycles. The van der Waals surface area contributed by atoms with Gasteiger partial charge < -0.3 is 25.0 Å². The van der Waals surface area contributed by atoms with Gasteiger partial charge >= 0.3 is 0 Å². The van der Waals surface area contributed by atoms with E-state index in [1.165, 1.54) is 18.5 Å². The highest BCUT2D eigenvalue weighted by Gasteiger charge is 2.27. The Bertz CT molecular complexity index is 1560. The van der Waals surface area contributed by atoms with Crippen molar-refractivity contribution in [1.29, 1.82) is 0 Å². The average Bonchev–Trinajstić information content (AvgIpc) is 3.46. The van der Waals surface area contributed by atoms with E-state index in [4.69, 9.17) is 4.98 Å². The van der Waals surface area contributed by atoms with E-state index < -0.39 is 0 Å². The SMILES string of the molecule is CNC(=O)c1ccnc2c(C(C)C(C)CNc3cc(N4CCn5c(C6CCN(C)CC6)cnc5C4)ncn3)cccc12. The van der Waals surface area contributed by atoms with Crippen LogP contribution >= 0.6 is 0 Å². The van der Waals surface area contributed by atoms with Crippen LogP contribution in [-0.4, -0.2) is 75.6 Å². The van der Waals surface area contributed by atoms with Gasteiger partial charge in [0.05, 0.1) is 17.6 Å². The van der Waals surface area contributed by atoms with Crippen molar-refractivity contribution in [3.8, 4) is 0 Å². The summed E-state index contributed by atoms with van der Waals surface area (Å²) in [6.45, 7) is 10.1. The van der Waals surface area contributed by atoms with E-state index >= 15 is 0 Å². The van der Waals surface area contributed by atoms with Crippen LogP contribution in [0.2, 0.25) is 0 Å². The van der Waals surface area contributed by atoms with Gasteiger partial charge in [-0.05, 0) is 56.4 Å². The molecule has 4 aromatic rings. The lowest BCUT2D eigenvalue weighted by Gasteiger charge is -2.33. The lowest BCUT2D eigenvalue weighted by atomic mass is 9.87. The second-order valence-electron chi connectivity index (χ2n) is 11.8. The molecule has 0 saturated carbocycles.